The molecule has 0 N–H and O–H groups in total. The molecule has 0 aromatic heterocycles. The van der Waals surface area contributed by atoms with Crippen molar-refractivity contribution in [2.45, 2.75) is 50.6 Å². The first-order valence-electron chi connectivity index (χ1n) is 5.39. The molecule has 0 aliphatic rings. The fraction of sp³-hybridized carbons (Fsp3) is 0.900. The van der Waals surface area contributed by atoms with Crippen LogP contribution in [0.4, 0.5) is 30.7 Å². The molecular weight excluding hydrogens is 301 g/mol. The van der Waals surface area contributed by atoms with Gasteiger partial charge in [-0.25, -0.2) is 17.6 Å². The summed E-state index contributed by atoms with van der Waals surface area (Å²) < 4.78 is 87.2. The van der Waals surface area contributed by atoms with Gasteiger partial charge in [0.25, 0.3) is 0 Å². The van der Waals surface area contributed by atoms with Crippen molar-refractivity contribution in [3.63, 3.8) is 0 Å². The molecule has 0 spiro atoms. The SMILES string of the molecule is CCC(=O)SCCC(F)C(F)(F)C(F)CC(F)(F)F. The zero-order valence-electron chi connectivity index (χ0n) is 9.95. The van der Waals surface area contributed by atoms with Gasteiger partial charge in [-0.3, -0.25) is 4.79 Å². The van der Waals surface area contributed by atoms with Crippen LogP contribution in [0.1, 0.15) is 26.2 Å². The van der Waals surface area contributed by atoms with E-state index in [0.717, 1.165) is 0 Å². The molecule has 0 heterocycles. The van der Waals surface area contributed by atoms with Gasteiger partial charge in [-0.05, 0) is 6.42 Å². The van der Waals surface area contributed by atoms with E-state index in [-0.39, 0.29) is 17.3 Å². The van der Waals surface area contributed by atoms with Crippen LogP contribution in [0.25, 0.3) is 0 Å². The molecule has 114 valence electrons. The molecule has 0 bridgehead atoms. The maximum atomic E-state index is 13.1. The predicted molar refractivity (Wildman–Crippen MR) is 57.8 cm³/mol. The van der Waals surface area contributed by atoms with E-state index < -0.39 is 37.3 Å². The number of alkyl halides is 7. The van der Waals surface area contributed by atoms with Gasteiger partial charge in [0.15, 0.2) is 17.5 Å². The molecule has 0 aliphatic heterocycles. The Labute approximate surface area is 109 Å². The van der Waals surface area contributed by atoms with E-state index in [1.807, 2.05) is 0 Å². The minimum atomic E-state index is -5.13. The molecule has 2 unspecified atom stereocenters. The van der Waals surface area contributed by atoms with Gasteiger partial charge >= 0.3 is 12.1 Å². The third kappa shape index (κ3) is 7.03. The van der Waals surface area contributed by atoms with E-state index in [1.165, 1.54) is 6.92 Å². The average Bonchev–Trinajstić information content (AvgIpc) is 2.26. The fourth-order valence-electron chi connectivity index (χ4n) is 1.11. The van der Waals surface area contributed by atoms with E-state index in [2.05, 4.69) is 0 Å². The topological polar surface area (TPSA) is 17.1 Å². The summed E-state index contributed by atoms with van der Waals surface area (Å²) in [6.07, 6.45) is -15.0. The van der Waals surface area contributed by atoms with E-state index in [0.29, 0.717) is 11.8 Å². The summed E-state index contributed by atoms with van der Waals surface area (Å²) >= 11 is 0.589. The molecule has 0 aliphatic carbocycles. The summed E-state index contributed by atoms with van der Waals surface area (Å²) in [6, 6.07) is 0. The van der Waals surface area contributed by atoms with Crippen LogP contribution in [-0.4, -0.2) is 35.3 Å². The third-order valence-electron chi connectivity index (χ3n) is 2.17. The second-order valence-corrected chi connectivity index (χ2v) is 4.94. The van der Waals surface area contributed by atoms with Crippen molar-refractivity contribution in [3.05, 3.63) is 0 Å². The average molecular weight is 314 g/mol. The fourth-order valence-corrected chi connectivity index (χ4v) is 1.86. The van der Waals surface area contributed by atoms with Gasteiger partial charge in [-0.15, -0.1) is 0 Å². The lowest BCUT2D eigenvalue weighted by Gasteiger charge is -2.24. The molecule has 1 nitrogen and oxygen atoms in total. The lowest BCUT2D eigenvalue weighted by atomic mass is 10.0. The van der Waals surface area contributed by atoms with Gasteiger partial charge in [-0.1, -0.05) is 18.7 Å². The van der Waals surface area contributed by atoms with E-state index in [4.69, 9.17) is 0 Å². The van der Waals surface area contributed by atoms with Gasteiger partial charge < -0.3 is 0 Å². The second kappa shape index (κ2) is 7.35. The first-order chi connectivity index (χ1) is 8.50. The summed E-state index contributed by atoms with van der Waals surface area (Å²) in [5.41, 5.74) is 0. The Balaban J connectivity index is 4.34. The summed E-state index contributed by atoms with van der Waals surface area (Å²) in [7, 11) is 0. The van der Waals surface area contributed by atoms with E-state index >= 15 is 0 Å². The molecule has 0 radical (unpaired) electrons. The Morgan fingerprint density at radius 2 is 1.63 bits per heavy atom. The van der Waals surface area contributed by atoms with Crippen molar-refractivity contribution in [1.82, 2.24) is 0 Å². The molecule has 2 atom stereocenters. The molecule has 9 heteroatoms. The number of hydrogen-bond acceptors (Lipinski definition) is 2. The van der Waals surface area contributed by atoms with Crippen LogP contribution in [0.5, 0.6) is 0 Å². The molecule has 0 aromatic carbocycles. The highest BCUT2D eigenvalue weighted by Crippen LogP contribution is 2.36. The highest BCUT2D eigenvalue weighted by Gasteiger charge is 2.52. The number of rotatable bonds is 7. The van der Waals surface area contributed by atoms with Gasteiger partial charge in [0.1, 0.15) is 0 Å². The maximum absolute atomic E-state index is 13.1. The first kappa shape index (κ1) is 18.5. The van der Waals surface area contributed by atoms with Crippen molar-refractivity contribution in [1.29, 1.82) is 0 Å². The lowest BCUT2D eigenvalue weighted by molar-refractivity contribution is -0.192. The Morgan fingerprint density at radius 3 is 2.05 bits per heavy atom. The Hall–Kier alpha value is -0.470. The molecule has 0 rings (SSSR count). The summed E-state index contributed by atoms with van der Waals surface area (Å²) in [6.45, 7) is 1.51. The monoisotopic (exact) mass is 314 g/mol. The van der Waals surface area contributed by atoms with Crippen molar-refractivity contribution in [2.75, 3.05) is 5.75 Å². The van der Waals surface area contributed by atoms with Gasteiger partial charge in [0.2, 0.25) is 0 Å². The molecule has 19 heavy (non-hydrogen) atoms. The van der Waals surface area contributed by atoms with Crippen LogP contribution in [0.3, 0.4) is 0 Å². The predicted octanol–water partition coefficient (Wildman–Crippen LogP) is 4.31. The molecule has 0 amide bonds. The van der Waals surface area contributed by atoms with Crippen molar-refractivity contribution < 1.29 is 35.5 Å². The van der Waals surface area contributed by atoms with Crippen LogP contribution < -0.4 is 0 Å². The van der Waals surface area contributed by atoms with Gasteiger partial charge in [0.05, 0.1) is 6.42 Å². The van der Waals surface area contributed by atoms with Crippen molar-refractivity contribution in [3.8, 4) is 0 Å². The third-order valence-corrected chi connectivity index (χ3v) is 3.22. The van der Waals surface area contributed by atoms with Gasteiger partial charge in [0, 0.05) is 12.2 Å². The number of hydrogen-bond donors (Lipinski definition) is 0. The number of carbonyl (C=O) groups is 1. The molecular formula is C10H13F7OS. The summed E-state index contributed by atoms with van der Waals surface area (Å²) in [5.74, 6) is -5.05. The maximum Gasteiger partial charge on any atom is 0.392 e. The Bertz CT molecular complexity index is 292. The van der Waals surface area contributed by atoms with Crippen LogP contribution in [-0.2, 0) is 4.79 Å². The molecule has 0 saturated heterocycles. The minimum absolute atomic E-state index is 0.123. The van der Waals surface area contributed by atoms with Crippen molar-refractivity contribution in [2.24, 2.45) is 0 Å². The number of thioether (sulfide) groups is 1. The van der Waals surface area contributed by atoms with Gasteiger partial charge in [-0.2, -0.15) is 13.2 Å². The van der Waals surface area contributed by atoms with Crippen LogP contribution >= 0.6 is 11.8 Å². The first-order valence-corrected chi connectivity index (χ1v) is 6.37. The quantitative estimate of drug-likeness (QED) is 0.651. The molecule has 0 saturated carbocycles. The van der Waals surface area contributed by atoms with E-state index in [9.17, 15) is 35.5 Å². The Morgan fingerprint density at radius 1 is 1.11 bits per heavy atom. The zero-order chi connectivity index (χ0) is 15.3. The second-order valence-electron chi connectivity index (χ2n) is 3.79. The largest absolute Gasteiger partial charge is 0.392 e. The zero-order valence-corrected chi connectivity index (χ0v) is 10.8. The molecule has 0 aromatic rings. The van der Waals surface area contributed by atoms with E-state index in [1.54, 1.807) is 0 Å². The lowest BCUT2D eigenvalue weighted by Crippen LogP contribution is -2.42. The molecule has 0 fully saturated rings. The number of halogens is 7. The highest BCUT2D eigenvalue weighted by atomic mass is 32.2. The Kier molecular flexibility index (Phi) is 7.17. The van der Waals surface area contributed by atoms with Crippen LogP contribution in [0, 0.1) is 0 Å². The van der Waals surface area contributed by atoms with Crippen LogP contribution in [0.2, 0.25) is 0 Å². The standard InChI is InChI=1S/C10H13F7OS/c1-2-8(18)19-4-3-6(11)10(16,17)7(12)5-9(13,14)15/h6-7H,2-5H2,1H3. The summed E-state index contributed by atoms with van der Waals surface area (Å²) in [4.78, 5) is 10.8. The number of carbonyl (C=O) groups excluding carboxylic acids is 1. The van der Waals surface area contributed by atoms with Crippen molar-refractivity contribution >= 4 is 16.9 Å². The van der Waals surface area contributed by atoms with Crippen LogP contribution in [0.15, 0.2) is 0 Å². The smallest absolute Gasteiger partial charge is 0.287 e. The summed E-state index contributed by atoms with van der Waals surface area (Å²) in [5, 5.41) is -0.359. The minimum Gasteiger partial charge on any atom is -0.287 e. The normalized spacial score (nSPS) is 16.2. The highest BCUT2D eigenvalue weighted by molar-refractivity contribution is 8.13.